The number of nitrogens with one attached hydrogen (secondary N) is 1. The number of carbonyl (C=O) groups is 5. The van der Waals surface area contributed by atoms with E-state index in [1.54, 1.807) is 31.2 Å². The van der Waals surface area contributed by atoms with Gasteiger partial charge in [-0.3, -0.25) is 24.6 Å². The van der Waals surface area contributed by atoms with Crippen LogP contribution in [-0.4, -0.2) is 63.0 Å². The zero-order chi connectivity index (χ0) is 33.7. The number of hydrogen-bond donors (Lipinski definition) is 3. The number of rotatable bonds is 9. The second kappa shape index (κ2) is 13.5. The van der Waals surface area contributed by atoms with Gasteiger partial charge in [0.15, 0.2) is 0 Å². The van der Waals surface area contributed by atoms with E-state index < -0.39 is 46.9 Å². The van der Waals surface area contributed by atoms with Crippen molar-refractivity contribution in [3.8, 4) is 0 Å². The number of fused-ring (bicyclic) bond motifs is 1. The van der Waals surface area contributed by atoms with Crippen molar-refractivity contribution in [2.45, 2.75) is 25.9 Å². The molecule has 14 nitrogen and oxygen atoms in total. The first-order chi connectivity index (χ1) is 21.9. The average Bonchev–Trinajstić information content (AvgIpc) is 3.05. The number of ether oxygens (including phenoxy) is 1. The highest BCUT2D eigenvalue weighted by Crippen LogP contribution is 2.38. The first kappa shape index (κ1) is 32.6. The Bertz CT molecular complexity index is 1860. The van der Waals surface area contributed by atoms with Gasteiger partial charge in [-0.1, -0.05) is 48.5 Å². The number of carbonyl (C=O) groups excluding carboxylic acids is 3. The molecule has 0 aliphatic heterocycles. The molecule has 0 bridgehead atoms. The van der Waals surface area contributed by atoms with Crippen LogP contribution in [0.1, 0.15) is 35.8 Å². The molecule has 236 valence electrons. The molecule has 2 atom stereocenters. The molecular formula is C32H28N4O10. The maximum absolute atomic E-state index is 13.7. The molecule has 4 rings (SSSR count). The van der Waals surface area contributed by atoms with Crippen LogP contribution in [0.3, 0.4) is 0 Å². The van der Waals surface area contributed by atoms with Crippen molar-refractivity contribution in [2.24, 2.45) is 0 Å². The number of non-ortho nitro benzene ring substituents is 1. The summed E-state index contributed by atoms with van der Waals surface area (Å²) in [6, 6.07) is 18.4. The van der Waals surface area contributed by atoms with Gasteiger partial charge in [-0.25, -0.2) is 19.3 Å². The summed E-state index contributed by atoms with van der Waals surface area (Å²) in [6.07, 6.45) is -0.954. The van der Waals surface area contributed by atoms with Crippen molar-refractivity contribution in [3.05, 3.63) is 106 Å². The Morgan fingerprint density at radius 1 is 0.826 bits per heavy atom. The first-order valence-electron chi connectivity index (χ1n) is 13.7. The lowest BCUT2D eigenvalue weighted by Crippen LogP contribution is -2.46. The molecule has 0 aliphatic carbocycles. The highest BCUT2D eigenvalue weighted by molar-refractivity contribution is 6.40. The highest BCUT2D eigenvalue weighted by atomic mass is 16.6. The van der Waals surface area contributed by atoms with E-state index >= 15 is 0 Å². The third-order valence-corrected chi connectivity index (χ3v) is 7.23. The lowest BCUT2D eigenvalue weighted by atomic mass is 10.0. The van der Waals surface area contributed by atoms with Gasteiger partial charge in [-0.15, -0.1) is 0 Å². The fourth-order valence-electron chi connectivity index (χ4n) is 4.96. The molecule has 0 fully saturated rings. The Morgan fingerprint density at radius 2 is 1.43 bits per heavy atom. The smallest absolute Gasteiger partial charge is 0.416 e. The highest BCUT2D eigenvalue weighted by Gasteiger charge is 2.33. The van der Waals surface area contributed by atoms with Crippen LogP contribution in [0.2, 0.25) is 0 Å². The summed E-state index contributed by atoms with van der Waals surface area (Å²) in [5.74, 6) is -5.26. The van der Waals surface area contributed by atoms with Crippen molar-refractivity contribution in [3.63, 3.8) is 0 Å². The zero-order valence-electron chi connectivity index (χ0n) is 24.7. The van der Waals surface area contributed by atoms with Gasteiger partial charge < -0.3 is 20.3 Å². The Morgan fingerprint density at radius 3 is 2.02 bits per heavy atom. The number of carboxylic acids is 2. The third-order valence-electron chi connectivity index (χ3n) is 7.23. The molecule has 3 amide bonds. The first-order valence-corrected chi connectivity index (χ1v) is 13.7. The summed E-state index contributed by atoms with van der Waals surface area (Å²) >= 11 is 0. The molecule has 3 N–H and O–H groups in total. The number of para-hydroxylation sites is 1. The predicted octanol–water partition coefficient (Wildman–Crippen LogP) is 5.35. The predicted molar refractivity (Wildman–Crippen MR) is 166 cm³/mol. The minimum atomic E-state index is -1.81. The molecule has 4 aromatic carbocycles. The molecule has 4 aromatic rings. The van der Waals surface area contributed by atoms with Crippen molar-refractivity contribution < 1.29 is 43.8 Å². The van der Waals surface area contributed by atoms with E-state index in [-0.39, 0.29) is 22.6 Å². The number of aromatic carboxylic acids is 1. The van der Waals surface area contributed by atoms with E-state index in [9.17, 15) is 44.3 Å². The van der Waals surface area contributed by atoms with Gasteiger partial charge in [-0.2, -0.15) is 0 Å². The van der Waals surface area contributed by atoms with Gasteiger partial charge in [0.2, 0.25) is 0 Å². The molecule has 0 aliphatic rings. The Kier molecular flexibility index (Phi) is 9.60. The number of carboxylic acid groups (broad SMARTS) is 2. The molecular weight excluding hydrogens is 600 g/mol. The second-order valence-electron chi connectivity index (χ2n) is 10.0. The van der Waals surface area contributed by atoms with E-state index in [1.165, 1.54) is 67.6 Å². The molecule has 0 radical (unpaired) electrons. The van der Waals surface area contributed by atoms with Gasteiger partial charge in [0.25, 0.3) is 11.6 Å². The van der Waals surface area contributed by atoms with Crippen LogP contribution >= 0.6 is 0 Å². The van der Waals surface area contributed by atoms with E-state index in [4.69, 9.17) is 4.74 Å². The van der Waals surface area contributed by atoms with Gasteiger partial charge in [0, 0.05) is 28.6 Å². The fraction of sp³-hybridized carbons (Fsp3) is 0.156. The summed E-state index contributed by atoms with van der Waals surface area (Å²) in [6.45, 7) is 3.07. The molecule has 0 aromatic heterocycles. The lowest BCUT2D eigenvalue weighted by Gasteiger charge is -2.30. The number of imide groups is 1. The summed E-state index contributed by atoms with van der Waals surface area (Å²) in [5, 5.41) is 34.3. The van der Waals surface area contributed by atoms with Gasteiger partial charge >= 0.3 is 23.9 Å². The number of nitrogens with zero attached hydrogens (tertiary/aromatic N) is 3. The molecule has 46 heavy (non-hydrogen) atoms. The Hall–Kier alpha value is -6.31. The van der Waals surface area contributed by atoms with E-state index in [0.717, 1.165) is 16.9 Å². The van der Waals surface area contributed by atoms with Crippen molar-refractivity contribution in [1.82, 2.24) is 4.90 Å². The number of benzene rings is 4. The Labute approximate surface area is 261 Å². The molecule has 0 unspecified atom stereocenters. The van der Waals surface area contributed by atoms with Crippen LogP contribution in [0.15, 0.2) is 84.9 Å². The average molecular weight is 629 g/mol. The van der Waals surface area contributed by atoms with Crippen LogP contribution in [0.5, 0.6) is 0 Å². The normalized spacial score (nSPS) is 12.0. The second-order valence-corrected chi connectivity index (χ2v) is 10.0. The van der Waals surface area contributed by atoms with Gasteiger partial charge in [0.1, 0.15) is 6.04 Å². The monoisotopic (exact) mass is 628 g/mol. The number of amides is 3. The number of anilines is 3. The molecule has 0 saturated heterocycles. The van der Waals surface area contributed by atoms with Crippen molar-refractivity contribution in [1.29, 1.82) is 0 Å². The maximum Gasteiger partial charge on any atom is 0.416 e. The van der Waals surface area contributed by atoms with E-state index in [0.29, 0.717) is 22.0 Å². The molecule has 14 heteroatoms. The Balaban J connectivity index is 1.74. The number of nitro benzene ring substituents is 1. The molecule has 0 saturated carbocycles. The number of methoxy groups -OCH3 is 1. The number of nitro groups is 1. The van der Waals surface area contributed by atoms with Gasteiger partial charge in [0.05, 0.1) is 35.0 Å². The van der Waals surface area contributed by atoms with Crippen LogP contribution in [0, 0.1) is 10.1 Å². The standard InChI is InChI=1S/C32H28N4O10/c1-18(28(37)34(32(43)46-3)19(2)20-12-14-21(15-13-20)36(44)45)33-25-16-17-27(23-9-5-4-8-22(23)25)35(29(38)31(41)42)26-11-7-6-10-24(26)30(39)40/h4-19,33H,1-3H3,(H,39,40)(H,41,42)/t18-,19+/m0/s1. The topological polar surface area (TPSA) is 197 Å². The third kappa shape index (κ3) is 6.45. The van der Waals surface area contributed by atoms with Gasteiger partial charge in [-0.05, 0) is 43.7 Å². The SMILES string of the molecule is COC(=O)N(C(=O)[C@H](C)Nc1ccc(N(C(=O)C(=O)O)c2ccccc2C(=O)O)c2ccccc12)[C@H](C)c1ccc([N+](=O)[O-])cc1. The van der Waals surface area contributed by atoms with Crippen molar-refractivity contribution in [2.75, 3.05) is 17.3 Å². The van der Waals surface area contributed by atoms with Crippen LogP contribution in [0.4, 0.5) is 27.5 Å². The largest absolute Gasteiger partial charge is 0.478 e. The number of aliphatic carboxylic acids is 1. The van der Waals surface area contributed by atoms with Crippen LogP contribution in [-0.2, 0) is 19.1 Å². The van der Waals surface area contributed by atoms with E-state index in [2.05, 4.69) is 5.32 Å². The number of hydrogen-bond acceptors (Lipinski definition) is 9. The summed E-state index contributed by atoms with van der Waals surface area (Å²) in [5.41, 5.74) is 0.272. The minimum absolute atomic E-state index is 0.0733. The van der Waals surface area contributed by atoms with Crippen LogP contribution in [0.25, 0.3) is 10.8 Å². The summed E-state index contributed by atoms with van der Waals surface area (Å²) < 4.78 is 4.86. The quantitative estimate of drug-likeness (QED) is 0.123. The fourth-order valence-corrected chi connectivity index (χ4v) is 4.96. The maximum atomic E-state index is 13.7. The van der Waals surface area contributed by atoms with Crippen LogP contribution < -0.4 is 10.2 Å². The zero-order valence-corrected chi connectivity index (χ0v) is 24.7. The summed E-state index contributed by atoms with van der Waals surface area (Å²) in [7, 11) is 1.11. The summed E-state index contributed by atoms with van der Waals surface area (Å²) in [4.78, 5) is 75.5. The molecule has 0 heterocycles. The van der Waals surface area contributed by atoms with E-state index in [1.807, 2.05) is 0 Å². The minimum Gasteiger partial charge on any atom is -0.478 e. The van der Waals surface area contributed by atoms with Crippen molar-refractivity contribution >= 4 is 63.4 Å². The lowest BCUT2D eigenvalue weighted by molar-refractivity contribution is -0.384. The molecule has 0 spiro atoms.